The summed E-state index contributed by atoms with van der Waals surface area (Å²) in [6.45, 7) is 8.73. The van der Waals surface area contributed by atoms with Crippen LogP contribution in [0.5, 0.6) is 0 Å². The maximum absolute atomic E-state index is 12.0. The molecule has 0 aromatic heterocycles. The fourth-order valence-corrected chi connectivity index (χ4v) is 3.84. The van der Waals surface area contributed by atoms with Gasteiger partial charge in [-0.05, 0) is 45.2 Å². The van der Waals surface area contributed by atoms with Crippen molar-refractivity contribution in [3.05, 3.63) is 0 Å². The van der Waals surface area contributed by atoms with Gasteiger partial charge in [-0.3, -0.25) is 9.69 Å². The van der Waals surface area contributed by atoms with Gasteiger partial charge < -0.3 is 15.8 Å². The van der Waals surface area contributed by atoms with E-state index in [1.165, 1.54) is 0 Å². The normalized spacial score (nSPS) is 35.3. The predicted molar refractivity (Wildman–Crippen MR) is 79.4 cm³/mol. The van der Waals surface area contributed by atoms with E-state index in [0.717, 1.165) is 58.5 Å². The van der Waals surface area contributed by atoms with Gasteiger partial charge in [0.05, 0.1) is 13.2 Å². The summed E-state index contributed by atoms with van der Waals surface area (Å²) in [6.07, 6.45) is 4.13. The first-order chi connectivity index (χ1) is 9.60. The lowest BCUT2D eigenvalue weighted by molar-refractivity contribution is -0.126. The molecule has 116 valence electrons. The number of ether oxygens (including phenoxy) is 1. The zero-order valence-corrected chi connectivity index (χ0v) is 12.9. The third-order valence-corrected chi connectivity index (χ3v) is 5.02. The number of nitrogens with one attached hydrogen (secondary N) is 1. The first kappa shape index (κ1) is 15.7. The molecule has 0 bridgehead atoms. The van der Waals surface area contributed by atoms with Gasteiger partial charge in [0, 0.05) is 12.6 Å². The highest BCUT2D eigenvalue weighted by Crippen LogP contribution is 2.38. The van der Waals surface area contributed by atoms with Gasteiger partial charge in [0.1, 0.15) is 5.54 Å². The van der Waals surface area contributed by atoms with Crippen LogP contribution >= 0.6 is 0 Å². The molecule has 2 rings (SSSR count). The van der Waals surface area contributed by atoms with E-state index in [9.17, 15) is 4.79 Å². The average molecular weight is 283 g/mol. The molecule has 1 aliphatic heterocycles. The van der Waals surface area contributed by atoms with Gasteiger partial charge in [-0.2, -0.15) is 0 Å². The predicted octanol–water partition coefficient (Wildman–Crippen LogP) is 0.731. The molecule has 5 nitrogen and oxygen atoms in total. The average Bonchev–Trinajstić information content (AvgIpc) is 2.82. The van der Waals surface area contributed by atoms with E-state index in [4.69, 9.17) is 10.5 Å². The van der Waals surface area contributed by atoms with Crippen molar-refractivity contribution in [3.8, 4) is 0 Å². The Morgan fingerprint density at radius 1 is 1.55 bits per heavy atom. The number of carbonyl (C=O) groups excluding carboxylic acids is 1. The fourth-order valence-electron chi connectivity index (χ4n) is 3.84. The van der Waals surface area contributed by atoms with E-state index in [0.29, 0.717) is 12.0 Å². The van der Waals surface area contributed by atoms with Crippen LogP contribution in [0.2, 0.25) is 0 Å². The van der Waals surface area contributed by atoms with Crippen molar-refractivity contribution in [2.45, 2.75) is 51.1 Å². The number of morpholine rings is 1. The lowest BCUT2D eigenvalue weighted by atomic mass is 9.83. The first-order valence-electron chi connectivity index (χ1n) is 7.97. The molecule has 1 amide bonds. The summed E-state index contributed by atoms with van der Waals surface area (Å²) < 4.78 is 5.47. The van der Waals surface area contributed by atoms with Crippen molar-refractivity contribution in [1.82, 2.24) is 10.2 Å². The molecular weight excluding hydrogens is 254 g/mol. The Bertz CT molecular complexity index is 337. The third-order valence-electron chi connectivity index (χ3n) is 5.02. The molecule has 3 unspecified atom stereocenters. The number of nitrogens with zero attached hydrogens (tertiary/aromatic N) is 1. The quantitative estimate of drug-likeness (QED) is 0.754. The van der Waals surface area contributed by atoms with Crippen molar-refractivity contribution in [1.29, 1.82) is 0 Å². The summed E-state index contributed by atoms with van der Waals surface area (Å²) in [5.74, 6) is 0.201. The standard InChI is InChI=1S/C15H29N3O2/c1-3-17-15(14(16)19)7-4-5-13(15)6-8-18-9-10-20-11-12(18)2/h12-13,17H,3-11H2,1-2H3,(H2,16,19). The van der Waals surface area contributed by atoms with E-state index < -0.39 is 5.54 Å². The third kappa shape index (κ3) is 3.15. The van der Waals surface area contributed by atoms with Crippen LogP contribution in [0.1, 0.15) is 39.5 Å². The molecule has 0 radical (unpaired) electrons. The summed E-state index contributed by atoms with van der Waals surface area (Å²) in [5, 5.41) is 3.39. The van der Waals surface area contributed by atoms with Gasteiger partial charge in [-0.25, -0.2) is 0 Å². The topological polar surface area (TPSA) is 67.6 Å². The van der Waals surface area contributed by atoms with E-state index >= 15 is 0 Å². The zero-order chi connectivity index (χ0) is 14.6. The lowest BCUT2D eigenvalue weighted by Gasteiger charge is -2.37. The Balaban J connectivity index is 1.94. The van der Waals surface area contributed by atoms with Crippen LogP contribution in [-0.2, 0) is 9.53 Å². The Kier molecular flexibility index (Phi) is 5.41. The lowest BCUT2D eigenvalue weighted by Crippen LogP contribution is -2.58. The van der Waals surface area contributed by atoms with E-state index in [1.807, 2.05) is 6.92 Å². The highest BCUT2D eigenvalue weighted by molar-refractivity contribution is 5.85. The summed E-state index contributed by atoms with van der Waals surface area (Å²) in [4.78, 5) is 14.4. The van der Waals surface area contributed by atoms with Crippen LogP contribution in [0.4, 0.5) is 0 Å². The smallest absolute Gasteiger partial charge is 0.238 e. The van der Waals surface area contributed by atoms with E-state index in [1.54, 1.807) is 0 Å². The highest BCUT2D eigenvalue weighted by Gasteiger charge is 2.46. The minimum Gasteiger partial charge on any atom is -0.379 e. The molecule has 2 fully saturated rings. The van der Waals surface area contributed by atoms with Gasteiger partial charge in [0.2, 0.25) is 5.91 Å². The van der Waals surface area contributed by atoms with Crippen LogP contribution < -0.4 is 11.1 Å². The van der Waals surface area contributed by atoms with Crippen molar-refractivity contribution in [3.63, 3.8) is 0 Å². The van der Waals surface area contributed by atoms with Crippen molar-refractivity contribution in [2.75, 3.05) is 32.8 Å². The molecule has 0 aromatic carbocycles. The molecule has 0 aromatic rings. The summed E-state index contributed by atoms with van der Waals surface area (Å²) >= 11 is 0. The number of rotatable bonds is 6. The Morgan fingerprint density at radius 3 is 3.00 bits per heavy atom. The van der Waals surface area contributed by atoms with Gasteiger partial charge in [0.25, 0.3) is 0 Å². The van der Waals surface area contributed by atoms with Gasteiger partial charge in [-0.15, -0.1) is 0 Å². The van der Waals surface area contributed by atoms with E-state index in [2.05, 4.69) is 17.1 Å². The van der Waals surface area contributed by atoms with Crippen LogP contribution in [-0.4, -0.2) is 55.2 Å². The second-order valence-corrected chi connectivity index (χ2v) is 6.20. The van der Waals surface area contributed by atoms with Crippen LogP contribution in [0.15, 0.2) is 0 Å². The molecule has 1 saturated carbocycles. The fraction of sp³-hybridized carbons (Fsp3) is 0.933. The second-order valence-electron chi connectivity index (χ2n) is 6.20. The van der Waals surface area contributed by atoms with Crippen LogP contribution in [0.3, 0.4) is 0 Å². The Morgan fingerprint density at radius 2 is 2.35 bits per heavy atom. The van der Waals surface area contributed by atoms with Crippen molar-refractivity contribution >= 4 is 5.91 Å². The SMILES string of the molecule is CCNC1(C(N)=O)CCCC1CCN1CCOCC1C. The number of primary amides is 1. The maximum Gasteiger partial charge on any atom is 0.238 e. The molecular formula is C15H29N3O2. The molecule has 0 spiro atoms. The first-order valence-corrected chi connectivity index (χ1v) is 7.97. The van der Waals surface area contributed by atoms with Gasteiger partial charge in [-0.1, -0.05) is 13.3 Å². The van der Waals surface area contributed by atoms with E-state index in [-0.39, 0.29) is 5.91 Å². The number of hydrogen-bond donors (Lipinski definition) is 2. The molecule has 1 heterocycles. The van der Waals surface area contributed by atoms with Gasteiger partial charge >= 0.3 is 0 Å². The van der Waals surface area contributed by atoms with Crippen LogP contribution in [0, 0.1) is 5.92 Å². The number of nitrogens with two attached hydrogens (primary N) is 1. The minimum absolute atomic E-state index is 0.170. The molecule has 1 saturated heterocycles. The molecule has 5 heteroatoms. The van der Waals surface area contributed by atoms with Crippen LogP contribution in [0.25, 0.3) is 0 Å². The molecule has 20 heavy (non-hydrogen) atoms. The highest BCUT2D eigenvalue weighted by atomic mass is 16.5. The van der Waals surface area contributed by atoms with Gasteiger partial charge in [0.15, 0.2) is 0 Å². The number of likely N-dealkylation sites (N-methyl/N-ethyl adjacent to an activating group) is 1. The summed E-state index contributed by atoms with van der Waals surface area (Å²) in [7, 11) is 0. The van der Waals surface area contributed by atoms with Crippen molar-refractivity contribution < 1.29 is 9.53 Å². The second kappa shape index (κ2) is 6.87. The maximum atomic E-state index is 12.0. The largest absolute Gasteiger partial charge is 0.379 e. The summed E-state index contributed by atoms with van der Waals surface area (Å²) in [5.41, 5.74) is 5.24. The summed E-state index contributed by atoms with van der Waals surface area (Å²) in [6, 6.07) is 0.479. The van der Waals surface area contributed by atoms with Crippen molar-refractivity contribution in [2.24, 2.45) is 11.7 Å². The zero-order valence-electron chi connectivity index (χ0n) is 12.9. The molecule has 3 atom stereocenters. The number of carbonyl (C=O) groups is 1. The minimum atomic E-state index is -0.468. The molecule has 3 N–H and O–H groups in total. The molecule has 2 aliphatic rings. The molecule has 1 aliphatic carbocycles. The number of amides is 1. The number of hydrogen-bond acceptors (Lipinski definition) is 4. The Labute approximate surface area is 122 Å². The Hall–Kier alpha value is -0.650. The monoisotopic (exact) mass is 283 g/mol.